The molecule has 2 amide bonds. The Balaban J connectivity index is 1.74. The van der Waals surface area contributed by atoms with Crippen molar-refractivity contribution < 1.29 is 19.5 Å². The molecule has 2 heterocycles. The Morgan fingerprint density at radius 2 is 1.64 bits per heavy atom. The minimum absolute atomic E-state index is 0.0238. The smallest absolute Gasteiger partial charge is 0.234 e. The molecule has 7 nitrogen and oxygen atoms in total. The molecule has 0 radical (unpaired) electrons. The molecule has 0 spiro atoms. The molecule has 1 aromatic heterocycles. The van der Waals surface area contributed by atoms with Gasteiger partial charge in [0.2, 0.25) is 11.8 Å². The average Bonchev–Trinajstić information content (AvgIpc) is 3.14. The second-order valence-electron chi connectivity index (χ2n) is 8.15. The minimum Gasteiger partial charge on any atom is -0.506 e. The predicted molar refractivity (Wildman–Crippen MR) is 125 cm³/mol. The number of aromatic hydroxyl groups is 1. The van der Waals surface area contributed by atoms with Gasteiger partial charge in [-0.25, -0.2) is 9.88 Å². The summed E-state index contributed by atoms with van der Waals surface area (Å²) < 4.78 is 0. The molecule has 5 rings (SSSR count). The number of nitrogens with two attached hydrogens (primary N) is 1. The van der Waals surface area contributed by atoms with Gasteiger partial charge in [-0.1, -0.05) is 48.5 Å². The predicted octanol–water partition coefficient (Wildman–Crippen LogP) is 3.50. The normalized spacial score (nSPS) is 14.9. The van der Waals surface area contributed by atoms with Crippen LogP contribution < -0.4 is 10.6 Å². The highest BCUT2D eigenvalue weighted by atomic mass is 16.3. The van der Waals surface area contributed by atoms with E-state index in [1.54, 1.807) is 6.07 Å². The van der Waals surface area contributed by atoms with Gasteiger partial charge in [0.1, 0.15) is 11.4 Å². The van der Waals surface area contributed by atoms with Crippen LogP contribution in [-0.2, 0) is 16.0 Å². The number of carbonyl (C=O) groups is 3. The van der Waals surface area contributed by atoms with Crippen LogP contribution in [0.25, 0.3) is 21.8 Å². The Labute approximate surface area is 189 Å². The third kappa shape index (κ3) is 3.62. The van der Waals surface area contributed by atoms with E-state index < -0.39 is 23.6 Å². The highest BCUT2D eigenvalue weighted by Gasteiger charge is 2.37. The lowest BCUT2D eigenvalue weighted by atomic mass is 9.92. The van der Waals surface area contributed by atoms with E-state index in [1.807, 2.05) is 54.6 Å². The van der Waals surface area contributed by atoms with Crippen LogP contribution in [0.4, 0.5) is 5.69 Å². The first-order valence-electron chi connectivity index (χ1n) is 10.7. The molecule has 0 saturated carbocycles. The molecule has 1 aliphatic rings. The first kappa shape index (κ1) is 20.8. The lowest BCUT2D eigenvalue weighted by molar-refractivity contribution is -0.121. The molecular formula is C26H21N3O4. The van der Waals surface area contributed by atoms with Crippen LogP contribution >= 0.6 is 0 Å². The van der Waals surface area contributed by atoms with Crippen LogP contribution in [-0.4, -0.2) is 33.7 Å². The number of nitrogens with zero attached hydrogens (tertiary/aromatic N) is 2. The van der Waals surface area contributed by atoms with E-state index in [4.69, 9.17) is 5.73 Å². The van der Waals surface area contributed by atoms with Gasteiger partial charge in [0.05, 0.1) is 22.6 Å². The molecule has 1 aliphatic heterocycles. The maximum Gasteiger partial charge on any atom is 0.234 e. The number of rotatable bonds is 5. The molecule has 3 aromatic carbocycles. The molecule has 1 atom stereocenters. The molecule has 164 valence electrons. The number of anilines is 1. The van der Waals surface area contributed by atoms with Gasteiger partial charge in [0.15, 0.2) is 5.78 Å². The summed E-state index contributed by atoms with van der Waals surface area (Å²) in [6, 6.07) is 19.0. The molecule has 3 N–H and O–H groups in total. The second kappa shape index (κ2) is 8.11. The summed E-state index contributed by atoms with van der Waals surface area (Å²) in [6.45, 7) is 0. The van der Waals surface area contributed by atoms with E-state index in [-0.39, 0.29) is 36.3 Å². The van der Waals surface area contributed by atoms with Gasteiger partial charge in [-0.2, -0.15) is 0 Å². The first-order chi connectivity index (χ1) is 15.9. The fraction of sp³-hybridized carbons (Fsp3) is 0.154. The molecule has 33 heavy (non-hydrogen) atoms. The van der Waals surface area contributed by atoms with E-state index in [0.29, 0.717) is 16.4 Å². The zero-order valence-electron chi connectivity index (χ0n) is 17.7. The standard InChI is InChI=1S/C26H21N3O4/c27-18(12-15-6-2-1-3-7-15)26(33)24-17-13-16-8-4-5-9-19(16)28-20(17)14-21(30)25(24)29-22(31)10-11-23(29)32/h1-9,13-14,18,30H,10-12,27H2/t18-/m0/s1. The zero-order chi connectivity index (χ0) is 23.1. The summed E-state index contributed by atoms with van der Waals surface area (Å²) in [5, 5.41) is 12.1. The van der Waals surface area contributed by atoms with Crippen molar-refractivity contribution in [2.75, 3.05) is 4.90 Å². The maximum atomic E-state index is 13.7. The van der Waals surface area contributed by atoms with Gasteiger partial charge in [-0.3, -0.25) is 14.4 Å². The highest BCUT2D eigenvalue weighted by molar-refractivity contribution is 6.26. The van der Waals surface area contributed by atoms with Crippen LogP contribution in [0.3, 0.4) is 0 Å². The van der Waals surface area contributed by atoms with Crippen LogP contribution in [0.5, 0.6) is 5.75 Å². The number of aromatic nitrogens is 1. The van der Waals surface area contributed by atoms with Gasteiger partial charge >= 0.3 is 0 Å². The van der Waals surface area contributed by atoms with Crippen molar-refractivity contribution in [3.63, 3.8) is 0 Å². The molecule has 4 aromatic rings. The number of ketones is 1. The summed E-state index contributed by atoms with van der Waals surface area (Å²) in [4.78, 5) is 44.3. The number of phenols is 1. The SMILES string of the molecule is N[C@@H](Cc1ccccc1)C(=O)c1c(N2C(=O)CCC2=O)c(O)cc2nc3ccccc3cc12. The van der Waals surface area contributed by atoms with Gasteiger partial charge in [0.25, 0.3) is 0 Å². The zero-order valence-corrected chi connectivity index (χ0v) is 17.7. The molecular weight excluding hydrogens is 418 g/mol. The summed E-state index contributed by atoms with van der Waals surface area (Å²) in [7, 11) is 0. The Hall–Kier alpha value is -4.10. The largest absolute Gasteiger partial charge is 0.506 e. The van der Waals surface area contributed by atoms with Crippen molar-refractivity contribution >= 4 is 45.1 Å². The topological polar surface area (TPSA) is 114 Å². The quantitative estimate of drug-likeness (QED) is 0.280. The van der Waals surface area contributed by atoms with Gasteiger partial charge in [-0.15, -0.1) is 0 Å². The van der Waals surface area contributed by atoms with E-state index >= 15 is 0 Å². The fourth-order valence-corrected chi connectivity index (χ4v) is 4.34. The van der Waals surface area contributed by atoms with Crippen molar-refractivity contribution in [1.29, 1.82) is 0 Å². The number of hydrogen-bond acceptors (Lipinski definition) is 6. The summed E-state index contributed by atoms with van der Waals surface area (Å²) in [5.41, 5.74) is 8.21. The number of benzene rings is 3. The number of pyridine rings is 1. The van der Waals surface area contributed by atoms with E-state index in [2.05, 4.69) is 4.98 Å². The van der Waals surface area contributed by atoms with Crippen molar-refractivity contribution in [3.05, 3.63) is 77.9 Å². The first-order valence-corrected chi connectivity index (χ1v) is 10.7. The summed E-state index contributed by atoms with van der Waals surface area (Å²) in [5.74, 6) is -1.76. The van der Waals surface area contributed by atoms with E-state index in [1.165, 1.54) is 6.07 Å². The highest BCUT2D eigenvalue weighted by Crippen LogP contribution is 2.41. The lowest BCUT2D eigenvalue weighted by Crippen LogP contribution is -2.36. The van der Waals surface area contributed by atoms with Gasteiger partial charge in [-0.05, 0) is 24.1 Å². The number of hydrogen-bond donors (Lipinski definition) is 2. The van der Waals surface area contributed by atoms with Crippen LogP contribution in [0.1, 0.15) is 28.8 Å². The molecule has 1 fully saturated rings. The average molecular weight is 439 g/mol. The Morgan fingerprint density at radius 3 is 2.36 bits per heavy atom. The van der Waals surface area contributed by atoms with Crippen LogP contribution in [0.2, 0.25) is 0 Å². The van der Waals surface area contributed by atoms with Gasteiger partial charge < -0.3 is 10.8 Å². The van der Waals surface area contributed by atoms with E-state index in [9.17, 15) is 19.5 Å². The molecule has 7 heteroatoms. The van der Waals surface area contributed by atoms with Crippen molar-refractivity contribution in [3.8, 4) is 5.75 Å². The third-order valence-electron chi connectivity index (χ3n) is 5.93. The number of fused-ring (bicyclic) bond motifs is 2. The Morgan fingerprint density at radius 1 is 0.970 bits per heavy atom. The van der Waals surface area contributed by atoms with Gasteiger partial charge in [0, 0.05) is 29.7 Å². The molecule has 0 aliphatic carbocycles. The van der Waals surface area contributed by atoms with Crippen LogP contribution in [0.15, 0.2) is 66.7 Å². The molecule has 0 bridgehead atoms. The number of para-hydroxylation sites is 1. The number of imide groups is 1. The minimum atomic E-state index is -0.949. The summed E-state index contributed by atoms with van der Waals surface area (Å²) >= 11 is 0. The number of phenolic OH excluding ortho intramolecular Hbond substituents is 1. The molecule has 0 unspecified atom stereocenters. The van der Waals surface area contributed by atoms with Crippen molar-refractivity contribution in [2.24, 2.45) is 5.73 Å². The lowest BCUT2D eigenvalue weighted by Gasteiger charge is -2.22. The van der Waals surface area contributed by atoms with Crippen molar-refractivity contribution in [2.45, 2.75) is 25.3 Å². The number of amides is 2. The third-order valence-corrected chi connectivity index (χ3v) is 5.93. The maximum absolute atomic E-state index is 13.7. The second-order valence-corrected chi connectivity index (χ2v) is 8.15. The Kier molecular flexibility index (Phi) is 5.11. The monoisotopic (exact) mass is 439 g/mol. The molecule has 1 saturated heterocycles. The number of Topliss-reactive ketones (excluding diaryl/α,β-unsaturated/α-hetero) is 1. The number of carbonyl (C=O) groups excluding carboxylic acids is 3. The fourth-order valence-electron chi connectivity index (χ4n) is 4.34. The summed E-state index contributed by atoms with van der Waals surface area (Å²) in [6.07, 6.45) is 0.311. The Bertz CT molecular complexity index is 1420. The van der Waals surface area contributed by atoms with E-state index in [0.717, 1.165) is 15.8 Å². The van der Waals surface area contributed by atoms with Crippen molar-refractivity contribution in [1.82, 2.24) is 4.98 Å². The van der Waals surface area contributed by atoms with Crippen LogP contribution in [0, 0.1) is 0 Å².